The number of fused-ring (bicyclic) bond motifs is 1. The van der Waals surface area contributed by atoms with Gasteiger partial charge in [0.15, 0.2) is 0 Å². The molecular formula is C27H28N4O6. The summed E-state index contributed by atoms with van der Waals surface area (Å²) in [5.74, 6) is -1.37. The van der Waals surface area contributed by atoms with Crippen LogP contribution in [-0.4, -0.2) is 66.7 Å². The third-order valence-electron chi connectivity index (χ3n) is 7.17. The summed E-state index contributed by atoms with van der Waals surface area (Å²) < 4.78 is 5.15. The largest absolute Gasteiger partial charge is 0.497 e. The summed E-state index contributed by atoms with van der Waals surface area (Å²) in [6.07, 6.45) is 1.86. The van der Waals surface area contributed by atoms with Crippen molar-refractivity contribution in [1.29, 1.82) is 0 Å². The summed E-state index contributed by atoms with van der Waals surface area (Å²) in [5.41, 5.74) is 2.11. The molecule has 3 aliphatic rings. The van der Waals surface area contributed by atoms with Crippen LogP contribution in [0.15, 0.2) is 42.5 Å². The standard InChI is InChI=1S/C27H28N4O6/c1-37-18-7-5-16(6-8-18)15-23(33)28-17-11-13-30(14-12-17)20-4-2-3-19-24(20)27(36)31(26(19)35)21-9-10-22(32)29-25(21)34/h2-8,17,21H,9-15H2,1H3,(H,28,33)(H,29,32,34). The van der Waals surface area contributed by atoms with Gasteiger partial charge in [-0.05, 0) is 49.1 Å². The van der Waals surface area contributed by atoms with Gasteiger partial charge in [-0.3, -0.25) is 34.2 Å². The van der Waals surface area contributed by atoms with Crippen LogP contribution in [0.5, 0.6) is 5.75 Å². The Balaban J connectivity index is 1.23. The molecule has 10 heteroatoms. The maximum Gasteiger partial charge on any atom is 0.264 e. The molecule has 3 aliphatic heterocycles. The first-order chi connectivity index (χ1) is 17.9. The molecule has 192 valence electrons. The molecule has 10 nitrogen and oxygen atoms in total. The lowest BCUT2D eigenvalue weighted by atomic mass is 10.0. The SMILES string of the molecule is COc1ccc(CC(=O)NC2CCN(c3cccc4c3C(=O)N(C3CCC(=O)NC3=O)C4=O)CC2)cc1. The molecule has 2 N–H and O–H groups in total. The number of piperidine rings is 2. The van der Waals surface area contributed by atoms with E-state index in [-0.39, 0.29) is 36.8 Å². The highest BCUT2D eigenvalue weighted by molar-refractivity contribution is 6.25. The minimum absolute atomic E-state index is 0.0102. The molecule has 2 aromatic rings. The van der Waals surface area contributed by atoms with Gasteiger partial charge in [0.05, 0.1) is 30.3 Å². The first-order valence-corrected chi connectivity index (χ1v) is 12.4. The predicted molar refractivity (Wildman–Crippen MR) is 133 cm³/mol. The van der Waals surface area contributed by atoms with E-state index in [1.807, 2.05) is 29.2 Å². The molecule has 0 aromatic heterocycles. The van der Waals surface area contributed by atoms with E-state index in [2.05, 4.69) is 10.6 Å². The molecule has 0 bridgehead atoms. The van der Waals surface area contributed by atoms with Crippen LogP contribution < -0.4 is 20.3 Å². The van der Waals surface area contributed by atoms with Crippen molar-refractivity contribution < 1.29 is 28.7 Å². The number of nitrogens with zero attached hydrogens (tertiary/aromatic N) is 2. The molecule has 0 radical (unpaired) electrons. The highest BCUT2D eigenvalue weighted by Gasteiger charge is 2.46. The zero-order valence-electron chi connectivity index (χ0n) is 20.5. The first kappa shape index (κ1) is 24.5. The zero-order chi connectivity index (χ0) is 26.1. The van der Waals surface area contributed by atoms with Crippen molar-refractivity contribution in [2.24, 2.45) is 0 Å². The highest BCUT2D eigenvalue weighted by atomic mass is 16.5. The van der Waals surface area contributed by atoms with Crippen LogP contribution in [0.3, 0.4) is 0 Å². The Labute approximate surface area is 213 Å². The second-order valence-electron chi connectivity index (χ2n) is 9.50. The number of carbonyl (C=O) groups is 5. The lowest BCUT2D eigenvalue weighted by molar-refractivity contribution is -0.136. The van der Waals surface area contributed by atoms with E-state index in [1.54, 1.807) is 25.3 Å². The van der Waals surface area contributed by atoms with E-state index in [0.717, 1.165) is 16.2 Å². The monoisotopic (exact) mass is 504 g/mol. The Hall–Kier alpha value is -4.21. The highest BCUT2D eigenvalue weighted by Crippen LogP contribution is 2.35. The lowest BCUT2D eigenvalue weighted by Gasteiger charge is -2.35. The fraction of sp³-hybridized carbons (Fsp3) is 0.370. The number of hydrogen-bond acceptors (Lipinski definition) is 7. The van der Waals surface area contributed by atoms with E-state index in [4.69, 9.17) is 4.74 Å². The molecule has 0 aliphatic carbocycles. The van der Waals surface area contributed by atoms with Gasteiger partial charge in [0.1, 0.15) is 11.8 Å². The van der Waals surface area contributed by atoms with Gasteiger partial charge in [-0.2, -0.15) is 0 Å². The number of methoxy groups -OCH3 is 1. The summed E-state index contributed by atoms with van der Waals surface area (Å²) in [6.45, 7) is 1.20. The van der Waals surface area contributed by atoms with Gasteiger partial charge in [0.2, 0.25) is 17.7 Å². The van der Waals surface area contributed by atoms with Crippen molar-refractivity contribution in [3.05, 3.63) is 59.2 Å². The number of ether oxygens (including phenoxy) is 1. The van der Waals surface area contributed by atoms with Gasteiger partial charge in [0, 0.05) is 25.6 Å². The normalized spacial score (nSPS) is 20.1. The molecular weight excluding hydrogens is 476 g/mol. The Kier molecular flexibility index (Phi) is 6.64. The molecule has 0 saturated carbocycles. The smallest absolute Gasteiger partial charge is 0.264 e. The number of benzene rings is 2. The number of amides is 5. The predicted octanol–water partition coefficient (Wildman–Crippen LogP) is 1.42. The minimum atomic E-state index is -0.996. The Bertz CT molecular complexity index is 1270. The average Bonchev–Trinajstić information content (AvgIpc) is 3.15. The van der Waals surface area contributed by atoms with Gasteiger partial charge < -0.3 is 15.0 Å². The summed E-state index contributed by atoms with van der Waals surface area (Å²) in [7, 11) is 1.60. The van der Waals surface area contributed by atoms with Gasteiger partial charge in [0.25, 0.3) is 11.8 Å². The van der Waals surface area contributed by atoms with Crippen LogP contribution in [0.4, 0.5) is 5.69 Å². The van der Waals surface area contributed by atoms with Crippen LogP contribution in [-0.2, 0) is 20.8 Å². The molecule has 37 heavy (non-hydrogen) atoms. The molecule has 1 atom stereocenters. The maximum absolute atomic E-state index is 13.4. The number of rotatable bonds is 6. The number of anilines is 1. The number of hydrogen-bond donors (Lipinski definition) is 2. The van der Waals surface area contributed by atoms with Crippen LogP contribution in [0.1, 0.15) is 52.0 Å². The molecule has 5 amide bonds. The van der Waals surface area contributed by atoms with Crippen molar-refractivity contribution in [3.8, 4) is 5.75 Å². The Morgan fingerprint density at radius 2 is 1.73 bits per heavy atom. The Morgan fingerprint density at radius 1 is 1.00 bits per heavy atom. The fourth-order valence-corrected chi connectivity index (χ4v) is 5.23. The third-order valence-corrected chi connectivity index (χ3v) is 7.17. The van der Waals surface area contributed by atoms with Crippen LogP contribution in [0.25, 0.3) is 0 Å². The molecule has 2 aromatic carbocycles. The topological polar surface area (TPSA) is 125 Å². The van der Waals surface area contributed by atoms with Gasteiger partial charge >= 0.3 is 0 Å². The second-order valence-corrected chi connectivity index (χ2v) is 9.50. The molecule has 5 rings (SSSR count). The summed E-state index contributed by atoms with van der Waals surface area (Å²) >= 11 is 0. The van der Waals surface area contributed by atoms with Gasteiger partial charge in [-0.15, -0.1) is 0 Å². The quantitative estimate of drug-likeness (QED) is 0.570. The van der Waals surface area contributed by atoms with Crippen molar-refractivity contribution in [2.45, 2.75) is 44.2 Å². The van der Waals surface area contributed by atoms with Crippen LogP contribution in [0.2, 0.25) is 0 Å². The van der Waals surface area contributed by atoms with Crippen molar-refractivity contribution in [2.75, 3.05) is 25.1 Å². The van der Waals surface area contributed by atoms with Crippen molar-refractivity contribution in [1.82, 2.24) is 15.5 Å². The summed E-state index contributed by atoms with van der Waals surface area (Å²) in [5, 5.41) is 5.31. The number of imide groups is 2. The maximum atomic E-state index is 13.4. The van der Waals surface area contributed by atoms with Gasteiger partial charge in [-0.1, -0.05) is 18.2 Å². The van der Waals surface area contributed by atoms with E-state index >= 15 is 0 Å². The molecule has 2 saturated heterocycles. The minimum Gasteiger partial charge on any atom is -0.497 e. The Morgan fingerprint density at radius 3 is 2.41 bits per heavy atom. The van der Waals surface area contributed by atoms with Crippen LogP contribution >= 0.6 is 0 Å². The van der Waals surface area contributed by atoms with Gasteiger partial charge in [-0.25, -0.2) is 0 Å². The summed E-state index contributed by atoms with van der Waals surface area (Å²) in [6, 6.07) is 11.5. The van der Waals surface area contributed by atoms with Crippen molar-refractivity contribution >= 4 is 35.2 Å². The molecule has 2 fully saturated rings. The molecule has 1 unspecified atom stereocenters. The molecule has 0 spiro atoms. The van der Waals surface area contributed by atoms with Crippen LogP contribution in [0, 0.1) is 0 Å². The molecule has 3 heterocycles. The fourth-order valence-electron chi connectivity index (χ4n) is 5.23. The summed E-state index contributed by atoms with van der Waals surface area (Å²) in [4.78, 5) is 65.9. The van der Waals surface area contributed by atoms with Crippen molar-refractivity contribution in [3.63, 3.8) is 0 Å². The average molecular weight is 505 g/mol. The zero-order valence-corrected chi connectivity index (χ0v) is 20.5. The number of nitrogens with one attached hydrogen (secondary N) is 2. The van der Waals surface area contributed by atoms with E-state index in [9.17, 15) is 24.0 Å². The third kappa shape index (κ3) is 4.78. The first-order valence-electron chi connectivity index (χ1n) is 12.4. The van der Waals surface area contributed by atoms with E-state index < -0.39 is 29.7 Å². The lowest BCUT2D eigenvalue weighted by Crippen LogP contribution is -2.54. The second kappa shape index (κ2) is 10.0. The van der Waals surface area contributed by atoms with E-state index in [1.165, 1.54) is 0 Å². The number of carbonyl (C=O) groups excluding carboxylic acids is 5. The van der Waals surface area contributed by atoms with E-state index in [0.29, 0.717) is 37.2 Å².